The molecule has 1 amide bonds. The van der Waals surface area contributed by atoms with Crippen LogP contribution in [-0.4, -0.2) is 30.2 Å². The van der Waals surface area contributed by atoms with Crippen molar-refractivity contribution in [3.05, 3.63) is 101 Å². The standard InChI is InChI=1S/C25H19F3N2O4/c1-34-18-12-6-15(7-13-18)14-29-24(21(31)19-4-2-3-5-20(19)22(24)32)30-23(33)16-8-10-17(11-9-16)25(26,27)28/h2-13,29H,14H2,1H3,(H,30,33). The zero-order valence-electron chi connectivity index (χ0n) is 17.9. The molecule has 0 unspecified atom stereocenters. The van der Waals surface area contributed by atoms with Gasteiger partial charge in [0.05, 0.1) is 12.7 Å². The third-order valence-electron chi connectivity index (χ3n) is 5.59. The fourth-order valence-electron chi connectivity index (χ4n) is 3.74. The van der Waals surface area contributed by atoms with Gasteiger partial charge in [0.25, 0.3) is 5.91 Å². The molecule has 0 bridgehead atoms. The number of rotatable bonds is 6. The lowest BCUT2D eigenvalue weighted by Gasteiger charge is -2.28. The number of benzene rings is 3. The number of fused-ring (bicyclic) bond motifs is 1. The van der Waals surface area contributed by atoms with Gasteiger partial charge in [-0.3, -0.25) is 19.7 Å². The molecule has 4 rings (SSSR count). The number of hydrogen-bond donors (Lipinski definition) is 2. The highest BCUT2D eigenvalue weighted by Gasteiger charge is 2.54. The summed E-state index contributed by atoms with van der Waals surface area (Å²) < 4.78 is 43.7. The van der Waals surface area contributed by atoms with Crippen LogP contribution >= 0.6 is 0 Å². The summed E-state index contributed by atoms with van der Waals surface area (Å²) in [5.41, 5.74) is -2.17. The number of halogens is 3. The first-order valence-corrected chi connectivity index (χ1v) is 10.2. The smallest absolute Gasteiger partial charge is 0.416 e. The normalized spacial score (nSPS) is 14.6. The number of carbonyl (C=O) groups is 3. The summed E-state index contributed by atoms with van der Waals surface area (Å²) >= 11 is 0. The van der Waals surface area contributed by atoms with Gasteiger partial charge >= 0.3 is 6.18 Å². The predicted molar refractivity (Wildman–Crippen MR) is 117 cm³/mol. The lowest BCUT2D eigenvalue weighted by Crippen LogP contribution is -2.66. The van der Waals surface area contributed by atoms with Gasteiger partial charge in [0.15, 0.2) is 0 Å². The van der Waals surface area contributed by atoms with Crippen molar-refractivity contribution in [1.29, 1.82) is 0 Å². The summed E-state index contributed by atoms with van der Waals surface area (Å²) in [5, 5.41) is 5.33. The molecule has 0 radical (unpaired) electrons. The first kappa shape index (κ1) is 23.2. The number of hydrogen-bond acceptors (Lipinski definition) is 5. The van der Waals surface area contributed by atoms with Crippen LogP contribution in [0.25, 0.3) is 0 Å². The molecule has 0 fully saturated rings. The van der Waals surface area contributed by atoms with Crippen LogP contribution in [0.2, 0.25) is 0 Å². The summed E-state index contributed by atoms with van der Waals surface area (Å²) in [6.07, 6.45) is -4.56. The molecule has 0 saturated heterocycles. The fourth-order valence-corrected chi connectivity index (χ4v) is 3.74. The van der Waals surface area contributed by atoms with Gasteiger partial charge in [0.1, 0.15) is 5.75 Å². The predicted octanol–water partition coefficient (Wildman–Crippen LogP) is 4.01. The monoisotopic (exact) mass is 468 g/mol. The van der Waals surface area contributed by atoms with Gasteiger partial charge in [-0.05, 0) is 42.0 Å². The fraction of sp³-hybridized carbons (Fsp3) is 0.160. The van der Waals surface area contributed by atoms with Gasteiger partial charge in [-0.1, -0.05) is 36.4 Å². The van der Waals surface area contributed by atoms with Crippen molar-refractivity contribution < 1.29 is 32.3 Å². The highest BCUT2D eigenvalue weighted by atomic mass is 19.4. The molecule has 0 spiro atoms. The van der Waals surface area contributed by atoms with E-state index in [0.29, 0.717) is 11.3 Å². The number of alkyl halides is 3. The van der Waals surface area contributed by atoms with Gasteiger partial charge in [0, 0.05) is 23.2 Å². The summed E-state index contributed by atoms with van der Waals surface area (Å²) in [6, 6.07) is 16.5. The van der Waals surface area contributed by atoms with Crippen LogP contribution in [0.3, 0.4) is 0 Å². The van der Waals surface area contributed by atoms with E-state index < -0.39 is 34.9 Å². The molecule has 6 nitrogen and oxygen atoms in total. The number of ketones is 2. The van der Waals surface area contributed by atoms with Gasteiger partial charge in [-0.25, -0.2) is 0 Å². The lowest BCUT2D eigenvalue weighted by atomic mass is 10.0. The summed E-state index contributed by atoms with van der Waals surface area (Å²) in [6.45, 7) is 0.0444. The van der Waals surface area contributed by atoms with E-state index in [9.17, 15) is 27.6 Å². The molecule has 0 saturated carbocycles. The van der Waals surface area contributed by atoms with Gasteiger partial charge in [-0.15, -0.1) is 0 Å². The van der Waals surface area contributed by atoms with Crippen molar-refractivity contribution in [1.82, 2.24) is 10.6 Å². The van der Waals surface area contributed by atoms with Gasteiger partial charge in [-0.2, -0.15) is 13.2 Å². The van der Waals surface area contributed by atoms with Crippen molar-refractivity contribution in [2.75, 3.05) is 7.11 Å². The highest BCUT2D eigenvalue weighted by molar-refractivity contribution is 6.33. The van der Waals surface area contributed by atoms with E-state index in [1.807, 2.05) is 0 Å². The minimum absolute atomic E-state index is 0.0444. The molecule has 1 aliphatic rings. The zero-order chi connectivity index (χ0) is 24.5. The Bertz CT molecular complexity index is 1220. The van der Waals surface area contributed by atoms with E-state index in [0.717, 1.165) is 24.3 Å². The maximum absolute atomic E-state index is 13.3. The molecular weight excluding hydrogens is 449 g/mol. The Morgan fingerprint density at radius 3 is 1.94 bits per heavy atom. The van der Waals surface area contributed by atoms with Crippen LogP contribution in [0, 0.1) is 0 Å². The van der Waals surface area contributed by atoms with E-state index in [2.05, 4.69) is 10.6 Å². The molecule has 0 heterocycles. The average Bonchev–Trinajstić information content (AvgIpc) is 3.05. The van der Waals surface area contributed by atoms with Crippen molar-refractivity contribution >= 4 is 17.5 Å². The van der Waals surface area contributed by atoms with Crippen molar-refractivity contribution in [2.45, 2.75) is 18.4 Å². The van der Waals surface area contributed by atoms with E-state index in [1.54, 1.807) is 36.4 Å². The van der Waals surface area contributed by atoms with Crippen LogP contribution in [0.4, 0.5) is 13.2 Å². The Morgan fingerprint density at radius 1 is 0.882 bits per heavy atom. The Balaban J connectivity index is 1.65. The minimum atomic E-state index is -4.56. The molecule has 34 heavy (non-hydrogen) atoms. The molecule has 3 aromatic rings. The Morgan fingerprint density at radius 2 is 1.44 bits per heavy atom. The molecule has 1 aliphatic carbocycles. The highest BCUT2D eigenvalue weighted by Crippen LogP contribution is 2.31. The average molecular weight is 468 g/mol. The van der Waals surface area contributed by atoms with E-state index >= 15 is 0 Å². The maximum atomic E-state index is 13.3. The van der Waals surface area contributed by atoms with E-state index in [-0.39, 0.29) is 23.2 Å². The number of carbonyl (C=O) groups excluding carboxylic acids is 3. The Kier molecular flexibility index (Phi) is 5.97. The molecule has 174 valence electrons. The molecule has 2 N–H and O–H groups in total. The third kappa shape index (κ3) is 4.17. The van der Waals surface area contributed by atoms with Crippen LogP contribution in [0.15, 0.2) is 72.8 Å². The van der Waals surface area contributed by atoms with Crippen molar-refractivity contribution in [3.8, 4) is 5.75 Å². The minimum Gasteiger partial charge on any atom is -0.497 e. The quantitative estimate of drug-likeness (QED) is 0.422. The molecule has 0 aliphatic heterocycles. The Hall–Kier alpha value is -3.98. The van der Waals surface area contributed by atoms with E-state index in [1.165, 1.54) is 19.2 Å². The first-order chi connectivity index (χ1) is 16.2. The summed E-state index contributed by atoms with van der Waals surface area (Å²) in [7, 11) is 1.52. The van der Waals surface area contributed by atoms with Crippen LogP contribution in [0.1, 0.15) is 42.2 Å². The van der Waals surface area contributed by atoms with E-state index in [4.69, 9.17) is 4.74 Å². The number of amides is 1. The first-order valence-electron chi connectivity index (χ1n) is 10.2. The van der Waals surface area contributed by atoms with Crippen LogP contribution in [-0.2, 0) is 12.7 Å². The van der Waals surface area contributed by atoms with Crippen LogP contribution < -0.4 is 15.4 Å². The van der Waals surface area contributed by atoms with Crippen LogP contribution in [0.5, 0.6) is 5.75 Å². The second-order valence-electron chi connectivity index (χ2n) is 7.68. The zero-order valence-corrected chi connectivity index (χ0v) is 17.9. The second kappa shape index (κ2) is 8.75. The van der Waals surface area contributed by atoms with Gasteiger partial charge < -0.3 is 10.1 Å². The van der Waals surface area contributed by atoms with Gasteiger partial charge in [0.2, 0.25) is 17.2 Å². The number of methoxy groups -OCH3 is 1. The molecule has 9 heteroatoms. The lowest BCUT2D eigenvalue weighted by molar-refractivity contribution is -0.137. The summed E-state index contributed by atoms with van der Waals surface area (Å²) in [4.78, 5) is 39.6. The SMILES string of the molecule is COc1ccc(CNC2(NC(=O)c3ccc(C(F)(F)F)cc3)C(=O)c3ccccc3C2=O)cc1. The Labute approximate surface area is 192 Å². The molecule has 0 atom stereocenters. The molecular formula is C25H19F3N2O4. The second-order valence-corrected chi connectivity index (χ2v) is 7.68. The number of ether oxygens (including phenoxy) is 1. The third-order valence-corrected chi connectivity index (χ3v) is 5.59. The van der Waals surface area contributed by atoms with Crippen molar-refractivity contribution in [2.24, 2.45) is 0 Å². The maximum Gasteiger partial charge on any atom is 0.416 e. The largest absolute Gasteiger partial charge is 0.497 e. The summed E-state index contributed by atoms with van der Waals surface area (Å²) in [5.74, 6) is -1.55. The number of Topliss-reactive ketones (excluding diaryl/α,β-unsaturated/α-hetero) is 2. The molecule has 0 aromatic heterocycles. The number of nitrogens with one attached hydrogen (secondary N) is 2. The van der Waals surface area contributed by atoms with Crippen molar-refractivity contribution in [3.63, 3.8) is 0 Å². The topological polar surface area (TPSA) is 84.5 Å². The molecule has 3 aromatic carbocycles.